The molecular formula is C10H16N4S. The van der Waals surface area contributed by atoms with Gasteiger partial charge in [-0.05, 0) is 25.5 Å². The molecule has 3 N–H and O–H groups in total. The first-order valence-corrected chi connectivity index (χ1v) is 6.11. The lowest BCUT2D eigenvalue weighted by molar-refractivity contribution is 0.411. The van der Waals surface area contributed by atoms with Crippen molar-refractivity contribution in [3.8, 4) is 0 Å². The van der Waals surface area contributed by atoms with E-state index in [2.05, 4.69) is 22.3 Å². The second kappa shape index (κ2) is 4.47. The van der Waals surface area contributed by atoms with Gasteiger partial charge in [-0.2, -0.15) is 11.8 Å². The third-order valence-corrected chi connectivity index (χ3v) is 4.50. The van der Waals surface area contributed by atoms with Crippen molar-refractivity contribution in [3.05, 3.63) is 24.3 Å². The molecule has 1 aromatic rings. The molecule has 1 fully saturated rings. The Kier molecular flexibility index (Phi) is 3.23. The van der Waals surface area contributed by atoms with Crippen molar-refractivity contribution in [2.45, 2.75) is 30.6 Å². The molecular weight excluding hydrogens is 208 g/mol. The van der Waals surface area contributed by atoms with Gasteiger partial charge in [0.05, 0.1) is 17.9 Å². The fraction of sp³-hybridized carbons (Fsp3) is 0.600. The van der Waals surface area contributed by atoms with Gasteiger partial charge in [0.15, 0.2) is 0 Å². The quantitative estimate of drug-likeness (QED) is 0.598. The standard InChI is InChI=1S/C10H16N4S/c1-10(3-2-6-15-10)9(14-11)8-7-12-4-5-13-8/h4-5,7,9,14H,2-3,6,11H2,1H3. The van der Waals surface area contributed by atoms with Gasteiger partial charge in [0.2, 0.25) is 0 Å². The van der Waals surface area contributed by atoms with Crippen molar-refractivity contribution in [2.24, 2.45) is 5.84 Å². The normalized spacial score (nSPS) is 27.9. The lowest BCUT2D eigenvalue weighted by atomic mass is 9.94. The maximum Gasteiger partial charge on any atom is 0.0791 e. The van der Waals surface area contributed by atoms with E-state index in [0.29, 0.717) is 0 Å². The average molecular weight is 224 g/mol. The monoisotopic (exact) mass is 224 g/mol. The van der Waals surface area contributed by atoms with E-state index in [1.165, 1.54) is 18.6 Å². The molecule has 0 radical (unpaired) electrons. The fourth-order valence-electron chi connectivity index (χ4n) is 2.06. The second-order valence-corrected chi connectivity index (χ2v) is 5.62. The predicted molar refractivity (Wildman–Crippen MR) is 62.2 cm³/mol. The number of hydrazine groups is 1. The van der Waals surface area contributed by atoms with E-state index in [0.717, 1.165) is 5.69 Å². The van der Waals surface area contributed by atoms with Crippen molar-refractivity contribution in [2.75, 3.05) is 5.75 Å². The molecule has 0 aromatic carbocycles. The minimum atomic E-state index is 0.0821. The van der Waals surface area contributed by atoms with Gasteiger partial charge in [-0.25, -0.2) is 5.43 Å². The lowest BCUT2D eigenvalue weighted by Crippen LogP contribution is -2.41. The third-order valence-electron chi connectivity index (χ3n) is 2.91. The van der Waals surface area contributed by atoms with Gasteiger partial charge >= 0.3 is 0 Å². The van der Waals surface area contributed by atoms with Crippen LogP contribution in [0.4, 0.5) is 0 Å². The van der Waals surface area contributed by atoms with Crippen LogP contribution in [0.2, 0.25) is 0 Å². The molecule has 82 valence electrons. The Labute approximate surface area is 94.0 Å². The van der Waals surface area contributed by atoms with Crippen molar-refractivity contribution in [1.29, 1.82) is 0 Å². The molecule has 5 heteroatoms. The van der Waals surface area contributed by atoms with Crippen LogP contribution in [0.15, 0.2) is 18.6 Å². The number of hydrogen-bond donors (Lipinski definition) is 2. The minimum absolute atomic E-state index is 0.0821. The number of nitrogens with zero attached hydrogens (tertiary/aromatic N) is 2. The summed E-state index contributed by atoms with van der Waals surface area (Å²) in [6.45, 7) is 2.24. The van der Waals surface area contributed by atoms with Crippen LogP contribution < -0.4 is 11.3 Å². The summed E-state index contributed by atoms with van der Waals surface area (Å²) in [4.78, 5) is 8.41. The summed E-state index contributed by atoms with van der Waals surface area (Å²) < 4.78 is 0.144. The topological polar surface area (TPSA) is 63.8 Å². The van der Waals surface area contributed by atoms with Gasteiger partial charge in [-0.1, -0.05) is 0 Å². The molecule has 0 saturated carbocycles. The van der Waals surface area contributed by atoms with E-state index in [9.17, 15) is 0 Å². The van der Waals surface area contributed by atoms with Crippen molar-refractivity contribution < 1.29 is 0 Å². The van der Waals surface area contributed by atoms with Gasteiger partial charge in [0.25, 0.3) is 0 Å². The Bertz CT molecular complexity index is 310. The molecule has 2 rings (SSSR count). The van der Waals surface area contributed by atoms with E-state index in [1.807, 2.05) is 11.8 Å². The van der Waals surface area contributed by atoms with Gasteiger partial charge in [0.1, 0.15) is 0 Å². The van der Waals surface area contributed by atoms with Gasteiger partial charge in [-0.15, -0.1) is 0 Å². The maximum atomic E-state index is 5.64. The summed E-state index contributed by atoms with van der Waals surface area (Å²) >= 11 is 1.96. The molecule has 1 aliphatic rings. The second-order valence-electron chi connectivity index (χ2n) is 3.99. The Hall–Kier alpha value is -0.650. The molecule has 1 aliphatic heterocycles. The largest absolute Gasteiger partial charge is 0.271 e. The molecule has 2 unspecified atom stereocenters. The predicted octanol–water partition coefficient (Wildman–Crippen LogP) is 1.27. The summed E-state index contributed by atoms with van der Waals surface area (Å²) in [6.07, 6.45) is 7.60. The summed E-state index contributed by atoms with van der Waals surface area (Å²) in [6, 6.07) is 0.0821. The SMILES string of the molecule is CC1(C(NN)c2cnccn2)CCCS1. The third kappa shape index (κ3) is 2.14. The minimum Gasteiger partial charge on any atom is -0.271 e. The molecule has 1 aromatic heterocycles. The number of nitrogens with one attached hydrogen (secondary N) is 1. The number of aromatic nitrogens is 2. The van der Waals surface area contributed by atoms with Gasteiger partial charge < -0.3 is 0 Å². The first-order valence-electron chi connectivity index (χ1n) is 5.12. The van der Waals surface area contributed by atoms with Crippen molar-refractivity contribution in [3.63, 3.8) is 0 Å². The van der Waals surface area contributed by atoms with E-state index in [1.54, 1.807) is 18.6 Å². The number of hydrogen-bond acceptors (Lipinski definition) is 5. The highest BCUT2D eigenvalue weighted by Crippen LogP contribution is 2.45. The van der Waals surface area contributed by atoms with Crippen LogP contribution in [-0.2, 0) is 0 Å². The Morgan fingerprint density at radius 3 is 3.00 bits per heavy atom. The average Bonchev–Trinajstić information content (AvgIpc) is 2.68. The van der Waals surface area contributed by atoms with E-state index in [-0.39, 0.29) is 10.8 Å². The van der Waals surface area contributed by atoms with Crippen LogP contribution in [-0.4, -0.2) is 20.5 Å². The van der Waals surface area contributed by atoms with Crippen LogP contribution >= 0.6 is 11.8 Å². The molecule has 2 atom stereocenters. The van der Waals surface area contributed by atoms with E-state index >= 15 is 0 Å². The highest BCUT2D eigenvalue weighted by atomic mass is 32.2. The molecule has 1 saturated heterocycles. The van der Waals surface area contributed by atoms with Crippen molar-refractivity contribution in [1.82, 2.24) is 15.4 Å². The summed E-state index contributed by atoms with van der Waals surface area (Å²) in [5.41, 5.74) is 3.81. The molecule has 0 bridgehead atoms. The van der Waals surface area contributed by atoms with Crippen LogP contribution in [0.25, 0.3) is 0 Å². The highest BCUT2D eigenvalue weighted by molar-refractivity contribution is 8.00. The van der Waals surface area contributed by atoms with E-state index in [4.69, 9.17) is 5.84 Å². The lowest BCUT2D eigenvalue weighted by Gasteiger charge is -2.31. The molecule has 15 heavy (non-hydrogen) atoms. The zero-order chi connectivity index (χ0) is 10.7. The fourth-order valence-corrected chi connectivity index (χ4v) is 3.46. The Morgan fingerprint density at radius 2 is 2.47 bits per heavy atom. The summed E-state index contributed by atoms with van der Waals surface area (Å²) in [5, 5.41) is 0. The highest BCUT2D eigenvalue weighted by Gasteiger charge is 2.39. The number of thioether (sulfide) groups is 1. The van der Waals surface area contributed by atoms with Gasteiger partial charge in [-0.3, -0.25) is 15.8 Å². The molecule has 4 nitrogen and oxygen atoms in total. The van der Waals surface area contributed by atoms with Crippen LogP contribution in [0.1, 0.15) is 31.5 Å². The smallest absolute Gasteiger partial charge is 0.0791 e. The Balaban J connectivity index is 2.24. The van der Waals surface area contributed by atoms with Crippen molar-refractivity contribution >= 4 is 11.8 Å². The van der Waals surface area contributed by atoms with E-state index < -0.39 is 0 Å². The first-order chi connectivity index (χ1) is 7.26. The molecule has 2 heterocycles. The van der Waals surface area contributed by atoms with Crippen LogP contribution in [0, 0.1) is 0 Å². The molecule has 0 amide bonds. The summed E-state index contributed by atoms with van der Waals surface area (Å²) in [5.74, 6) is 6.84. The number of rotatable bonds is 3. The zero-order valence-corrected chi connectivity index (χ0v) is 9.63. The zero-order valence-electron chi connectivity index (χ0n) is 8.81. The molecule has 0 aliphatic carbocycles. The number of nitrogens with two attached hydrogens (primary N) is 1. The summed E-state index contributed by atoms with van der Waals surface area (Å²) in [7, 11) is 0. The molecule has 0 spiro atoms. The Morgan fingerprint density at radius 1 is 1.60 bits per heavy atom. The van der Waals surface area contributed by atoms with Gasteiger partial charge in [0, 0.05) is 17.1 Å². The maximum absolute atomic E-state index is 5.64. The van der Waals surface area contributed by atoms with Crippen LogP contribution in [0.3, 0.4) is 0 Å². The van der Waals surface area contributed by atoms with Crippen LogP contribution in [0.5, 0.6) is 0 Å². The first kappa shape index (κ1) is 10.9.